The van der Waals surface area contributed by atoms with E-state index in [9.17, 15) is 15.0 Å². The second kappa shape index (κ2) is 8.94. The molecule has 0 aliphatic carbocycles. The van der Waals surface area contributed by atoms with E-state index in [0.717, 1.165) is 48.7 Å². The molecule has 2 aromatic carbocycles. The van der Waals surface area contributed by atoms with E-state index >= 15 is 0 Å². The molecule has 0 aromatic heterocycles. The molecule has 2 heterocycles. The number of nitrogens with zero attached hydrogens (tertiary/aromatic N) is 1. The highest BCUT2D eigenvalue weighted by molar-refractivity contribution is 6.30. The zero-order valence-corrected chi connectivity index (χ0v) is 18.1. The second-order valence-electron chi connectivity index (χ2n) is 8.15. The molecule has 2 aliphatic rings. The summed E-state index contributed by atoms with van der Waals surface area (Å²) in [5.41, 5.74) is 0.995. The zero-order chi connectivity index (χ0) is 22.0. The topological polar surface area (TPSA) is 88.5 Å². The lowest BCUT2D eigenvalue weighted by Crippen LogP contribution is -2.49. The lowest BCUT2D eigenvalue weighted by Gasteiger charge is -2.39. The maximum atomic E-state index is 11.4. The van der Waals surface area contributed by atoms with Crippen LogP contribution in [0, 0.1) is 0 Å². The van der Waals surface area contributed by atoms with Crippen LogP contribution in [0.5, 0.6) is 17.2 Å². The molecule has 2 aromatic rings. The minimum Gasteiger partial charge on any atom is -0.497 e. The van der Waals surface area contributed by atoms with E-state index in [1.165, 1.54) is 19.2 Å². The van der Waals surface area contributed by atoms with Gasteiger partial charge in [-0.2, -0.15) is 0 Å². The van der Waals surface area contributed by atoms with Gasteiger partial charge in [0.1, 0.15) is 41.1 Å². The molecule has 2 N–H and O–H groups in total. The van der Waals surface area contributed by atoms with E-state index in [1.807, 2.05) is 18.2 Å². The molecular weight excluding hydrogens is 422 g/mol. The number of ether oxygens (including phenoxy) is 3. The number of hydrogen-bond acceptors (Lipinski definition) is 6. The number of hydrogen-bond donors (Lipinski definition) is 2. The third kappa shape index (κ3) is 4.89. The molecule has 2 aliphatic heterocycles. The van der Waals surface area contributed by atoms with E-state index < -0.39 is 12.1 Å². The Kier molecular flexibility index (Phi) is 6.27. The predicted octanol–water partition coefficient (Wildman–Crippen LogP) is 3.26. The molecule has 1 saturated heterocycles. The summed E-state index contributed by atoms with van der Waals surface area (Å²) in [7, 11) is 1.50. The smallest absolute Gasteiger partial charge is 0.339 e. The van der Waals surface area contributed by atoms with E-state index in [2.05, 4.69) is 4.90 Å². The van der Waals surface area contributed by atoms with Gasteiger partial charge >= 0.3 is 5.97 Å². The van der Waals surface area contributed by atoms with Gasteiger partial charge in [0.2, 0.25) is 0 Å². The molecule has 0 amide bonds. The van der Waals surface area contributed by atoms with Gasteiger partial charge in [0.15, 0.2) is 0 Å². The Morgan fingerprint density at radius 2 is 2.03 bits per heavy atom. The Balaban J connectivity index is 1.28. The van der Waals surface area contributed by atoms with Crippen LogP contribution in [-0.2, 0) is 6.42 Å². The molecular formula is C23H26ClNO6. The van der Waals surface area contributed by atoms with Crippen molar-refractivity contribution >= 4 is 17.6 Å². The SMILES string of the molecule is COc1ccc(C(=O)O)c(OC[C@@H](O)CN2CCC3(CC2)Cc2cc(Cl)ccc2O3)c1. The van der Waals surface area contributed by atoms with Crippen LogP contribution >= 0.6 is 11.6 Å². The third-order valence-corrected chi connectivity index (χ3v) is 6.18. The zero-order valence-electron chi connectivity index (χ0n) is 17.3. The summed E-state index contributed by atoms with van der Waals surface area (Å²) in [4.78, 5) is 13.6. The summed E-state index contributed by atoms with van der Waals surface area (Å²) in [6, 6.07) is 10.3. The van der Waals surface area contributed by atoms with Gasteiger partial charge in [-0.15, -0.1) is 0 Å². The van der Waals surface area contributed by atoms with Crippen molar-refractivity contribution in [1.82, 2.24) is 4.90 Å². The van der Waals surface area contributed by atoms with Crippen LogP contribution in [-0.4, -0.2) is 66.1 Å². The quantitative estimate of drug-likeness (QED) is 0.673. The van der Waals surface area contributed by atoms with Crippen molar-refractivity contribution in [3.8, 4) is 17.2 Å². The summed E-state index contributed by atoms with van der Waals surface area (Å²) < 4.78 is 17.0. The first-order valence-corrected chi connectivity index (χ1v) is 10.7. The van der Waals surface area contributed by atoms with Crippen LogP contribution in [0.4, 0.5) is 0 Å². The first-order chi connectivity index (χ1) is 14.9. The summed E-state index contributed by atoms with van der Waals surface area (Å²) in [6.07, 6.45) is 1.84. The first-order valence-electron chi connectivity index (χ1n) is 10.3. The molecule has 0 radical (unpaired) electrons. The van der Waals surface area contributed by atoms with Crippen molar-refractivity contribution in [1.29, 1.82) is 0 Å². The van der Waals surface area contributed by atoms with E-state index in [4.69, 9.17) is 25.8 Å². The number of piperidine rings is 1. The summed E-state index contributed by atoms with van der Waals surface area (Å²) >= 11 is 6.11. The molecule has 166 valence electrons. The monoisotopic (exact) mass is 447 g/mol. The molecule has 0 unspecified atom stereocenters. The van der Waals surface area contributed by atoms with Gasteiger partial charge < -0.3 is 29.3 Å². The molecule has 1 atom stereocenters. The third-order valence-electron chi connectivity index (χ3n) is 5.95. The number of methoxy groups -OCH3 is 1. The first kappa shape index (κ1) is 21.7. The van der Waals surface area contributed by atoms with Crippen LogP contribution in [0.3, 0.4) is 0 Å². The van der Waals surface area contributed by atoms with Crippen LogP contribution in [0.1, 0.15) is 28.8 Å². The fourth-order valence-corrected chi connectivity index (χ4v) is 4.48. The largest absolute Gasteiger partial charge is 0.497 e. The Hall–Kier alpha value is -2.48. The van der Waals surface area contributed by atoms with Gasteiger partial charge in [0, 0.05) is 50.0 Å². The number of fused-ring (bicyclic) bond motifs is 1. The average Bonchev–Trinajstić information content (AvgIpc) is 3.10. The Bertz CT molecular complexity index is 957. The predicted molar refractivity (Wildman–Crippen MR) is 116 cm³/mol. The average molecular weight is 448 g/mol. The number of benzene rings is 2. The van der Waals surface area contributed by atoms with Crippen molar-refractivity contribution in [2.24, 2.45) is 0 Å². The van der Waals surface area contributed by atoms with Gasteiger partial charge in [0.05, 0.1) is 7.11 Å². The van der Waals surface area contributed by atoms with Crippen molar-refractivity contribution in [2.45, 2.75) is 31.0 Å². The molecule has 1 fully saturated rings. The van der Waals surface area contributed by atoms with E-state index in [-0.39, 0.29) is 23.5 Å². The minimum atomic E-state index is -1.09. The highest BCUT2D eigenvalue weighted by atomic mass is 35.5. The number of carbonyl (C=O) groups is 1. The Labute approximate surface area is 186 Å². The minimum absolute atomic E-state index is 0.00443. The molecule has 0 bridgehead atoms. The van der Waals surface area contributed by atoms with Gasteiger partial charge in [-0.1, -0.05) is 11.6 Å². The normalized spacial score (nSPS) is 18.3. The number of carboxylic acids is 1. The van der Waals surface area contributed by atoms with Crippen LogP contribution in [0.2, 0.25) is 5.02 Å². The molecule has 4 rings (SSSR count). The molecule has 7 nitrogen and oxygen atoms in total. The number of carboxylic acid groups (broad SMARTS) is 1. The van der Waals surface area contributed by atoms with Crippen LogP contribution in [0.15, 0.2) is 36.4 Å². The standard InChI is InChI=1S/C23H26ClNO6/c1-29-18-3-4-19(22(27)28)21(11-18)30-14-17(26)13-25-8-6-23(7-9-25)12-15-10-16(24)2-5-20(15)31-23/h2-5,10-11,17,26H,6-9,12-14H2,1H3,(H,27,28)/t17-/m0/s1. The summed E-state index contributed by atoms with van der Waals surface area (Å²) in [6.45, 7) is 2.05. The Morgan fingerprint density at radius 1 is 1.26 bits per heavy atom. The van der Waals surface area contributed by atoms with Gasteiger partial charge in [0.25, 0.3) is 0 Å². The molecule has 8 heteroatoms. The lowest BCUT2D eigenvalue weighted by atomic mass is 9.87. The van der Waals surface area contributed by atoms with Crippen LogP contribution < -0.4 is 14.2 Å². The van der Waals surface area contributed by atoms with E-state index in [0.29, 0.717) is 12.3 Å². The number of likely N-dealkylation sites (tertiary alicyclic amines) is 1. The molecule has 0 saturated carbocycles. The number of aliphatic hydroxyl groups excluding tert-OH is 1. The number of rotatable bonds is 7. The maximum absolute atomic E-state index is 11.4. The van der Waals surface area contributed by atoms with Crippen molar-refractivity contribution < 1.29 is 29.2 Å². The summed E-state index contributed by atoms with van der Waals surface area (Å²) in [5.74, 6) is 0.500. The maximum Gasteiger partial charge on any atom is 0.339 e. The second-order valence-corrected chi connectivity index (χ2v) is 8.58. The van der Waals surface area contributed by atoms with Crippen molar-refractivity contribution in [3.05, 3.63) is 52.5 Å². The van der Waals surface area contributed by atoms with Crippen LogP contribution in [0.25, 0.3) is 0 Å². The fraction of sp³-hybridized carbons (Fsp3) is 0.435. The van der Waals surface area contributed by atoms with Crippen molar-refractivity contribution in [3.63, 3.8) is 0 Å². The van der Waals surface area contributed by atoms with Crippen molar-refractivity contribution in [2.75, 3.05) is 33.4 Å². The van der Waals surface area contributed by atoms with Gasteiger partial charge in [-0.05, 0) is 35.9 Å². The lowest BCUT2D eigenvalue weighted by molar-refractivity contribution is -0.00203. The summed E-state index contributed by atoms with van der Waals surface area (Å²) in [5, 5.41) is 20.5. The fourth-order valence-electron chi connectivity index (χ4n) is 4.29. The Morgan fingerprint density at radius 3 is 2.74 bits per heavy atom. The molecule has 1 spiro atoms. The number of halogens is 1. The highest BCUT2D eigenvalue weighted by Crippen LogP contribution is 2.41. The van der Waals surface area contributed by atoms with Gasteiger partial charge in [-0.3, -0.25) is 0 Å². The molecule has 31 heavy (non-hydrogen) atoms. The van der Waals surface area contributed by atoms with E-state index in [1.54, 1.807) is 6.07 Å². The number of aromatic carboxylic acids is 1. The highest BCUT2D eigenvalue weighted by Gasteiger charge is 2.42. The number of β-amino-alcohol motifs (C(OH)–C–C–N with tert-alkyl or cyclic N) is 1. The van der Waals surface area contributed by atoms with Gasteiger partial charge in [-0.25, -0.2) is 4.79 Å². The number of aliphatic hydroxyl groups is 1.